The van der Waals surface area contributed by atoms with Crippen molar-refractivity contribution in [3.05, 3.63) is 48.3 Å². The van der Waals surface area contributed by atoms with E-state index in [1.165, 1.54) is 12.4 Å². The summed E-state index contributed by atoms with van der Waals surface area (Å²) in [5.74, 6) is -0.562. The van der Waals surface area contributed by atoms with E-state index in [4.69, 9.17) is 5.11 Å². The molecule has 16 heavy (non-hydrogen) atoms. The van der Waals surface area contributed by atoms with Crippen LogP contribution in [0.3, 0.4) is 0 Å². The number of aromatic nitrogens is 3. The summed E-state index contributed by atoms with van der Waals surface area (Å²) in [5, 5.41) is 12.5. The lowest BCUT2D eigenvalue weighted by Gasteiger charge is -2.00. The number of halogens is 1. The van der Waals surface area contributed by atoms with Crippen molar-refractivity contribution in [3.8, 4) is 5.69 Å². The van der Waals surface area contributed by atoms with E-state index in [2.05, 4.69) is 10.1 Å². The first-order valence-corrected chi connectivity index (χ1v) is 4.71. The van der Waals surface area contributed by atoms with Crippen molar-refractivity contribution < 1.29 is 9.50 Å². The summed E-state index contributed by atoms with van der Waals surface area (Å²) in [5.41, 5.74) is 1.54. The van der Waals surface area contributed by atoms with Crippen molar-refractivity contribution >= 4 is 6.08 Å². The second-order valence-corrected chi connectivity index (χ2v) is 3.18. The van der Waals surface area contributed by atoms with Gasteiger partial charge in [0.1, 0.15) is 18.5 Å². The van der Waals surface area contributed by atoms with Crippen LogP contribution >= 0.6 is 0 Å². The Morgan fingerprint density at radius 2 is 2.12 bits per heavy atom. The van der Waals surface area contributed by atoms with Crippen molar-refractivity contribution in [1.29, 1.82) is 0 Å². The average Bonchev–Trinajstić information content (AvgIpc) is 2.83. The van der Waals surface area contributed by atoms with E-state index in [0.29, 0.717) is 5.56 Å². The Hall–Kier alpha value is -2.01. The SMILES string of the molecule is OC/C(F)=C/c1ccc(-n2cncn2)cc1. The second-order valence-electron chi connectivity index (χ2n) is 3.18. The molecular weight excluding hydrogens is 209 g/mol. The first-order valence-electron chi connectivity index (χ1n) is 4.71. The molecule has 1 aromatic carbocycles. The van der Waals surface area contributed by atoms with E-state index >= 15 is 0 Å². The number of rotatable bonds is 3. The molecule has 1 N–H and O–H groups in total. The third-order valence-electron chi connectivity index (χ3n) is 2.05. The number of hydrogen-bond acceptors (Lipinski definition) is 3. The van der Waals surface area contributed by atoms with E-state index in [-0.39, 0.29) is 0 Å². The summed E-state index contributed by atoms with van der Waals surface area (Å²) >= 11 is 0. The molecule has 1 heterocycles. The van der Waals surface area contributed by atoms with E-state index < -0.39 is 12.4 Å². The summed E-state index contributed by atoms with van der Waals surface area (Å²) in [6, 6.07) is 7.08. The predicted octanol–water partition coefficient (Wildman–Crippen LogP) is 1.57. The fourth-order valence-electron chi connectivity index (χ4n) is 1.29. The molecule has 0 saturated heterocycles. The van der Waals surface area contributed by atoms with E-state index in [1.54, 1.807) is 35.3 Å². The highest BCUT2D eigenvalue weighted by atomic mass is 19.1. The monoisotopic (exact) mass is 219 g/mol. The fraction of sp³-hybridized carbons (Fsp3) is 0.0909. The summed E-state index contributed by atoms with van der Waals surface area (Å²) in [6.45, 7) is -0.579. The molecule has 4 nitrogen and oxygen atoms in total. The molecule has 0 atom stereocenters. The minimum Gasteiger partial charge on any atom is -0.389 e. The molecular formula is C11H10FN3O. The van der Waals surface area contributed by atoms with Crippen molar-refractivity contribution in [3.63, 3.8) is 0 Å². The minimum absolute atomic E-state index is 0.562. The lowest BCUT2D eigenvalue weighted by atomic mass is 10.2. The highest BCUT2D eigenvalue weighted by Gasteiger charge is 1.97. The van der Waals surface area contributed by atoms with Gasteiger partial charge in [0.25, 0.3) is 0 Å². The van der Waals surface area contributed by atoms with Crippen LogP contribution in [0, 0.1) is 0 Å². The van der Waals surface area contributed by atoms with Gasteiger partial charge in [0.15, 0.2) is 0 Å². The van der Waals surface area contributed by atoms with Crippen LogP contribution in [0.5, 0.6) is 0 Å². The van der Waals surface area contributed by atoms with Crippen molar-refractivity contribution in [1.82, 2.24) is 14.8 Å². The molecule has 0 aliphatic carbocycles. The highest BCUT2D eigenvalue weighted by molar-refractivity contribution is 5.53. The largest absolute Gasteiger partial charge is 0.389 e. The maximum Gasteiger partial charge on any atom is 0.138 e. The maximum atomic E-state index is 12.8. The van der Waals surface area contributed by atoms with Gasteiger partial charge in [-0.25, -0.2) is 14.1 Å². The van der Waals surface area contributed by atoms with Crippen molar-refractivity contribution in [2.75, 3.05) is 6.61 Å². The van der Waals surface area contributed by atoms with Gasteiger partial charge < -0.3 is 5.11 Å². The van der Waals surface area contributed by atoms with Crippen LogP contribution in [0.25, 0.3) is 11.8 Å². The van der Waals surface area contributed by atoms with Crippen LogP contribution in [0.1, 0.15) is 5.56 Å². The van der Waals surface area contributed by atoms with E-state index in [9.17, 15) is 4.39 Å². The molecule has 5 heteroatoms. The zero-order valence-electron chi connectivity index (χ0n) is 8.42. The Kier molecular flexibility index (Phi) is 3.07. The Labute approximate surface area is 91.7 Å². The number of aliphatic hydroxyl groups is 1. The number of hydrogen-bond donors (Lipinski definition) is 1. The van der Waals surface area contributed by atoms with Gasteiger partial charge in [0, 0.05) is 0 Å². The van der Waals surface area contributed by atoms with E-state index in [1.807, 2.05) is 0 Å². The van der Waals surface area contributed by atoms with Gasteiger partial charge in [0.05, 0.1) is 12.3 Å². The van der Waals surface area contributed by atoms with Crippen LogP contribution in [-0.2, 0) is 0 Å². The van der Waals surface area contributed by atoms with Crippen molar-refractivity contribution in [2.45, 2.75) is 0 Å². The van der Waals surface area contributed by atoms with Gasteiger partial charge >= 0.3 is 0 Å². The average molecular weight is 219 g/mol. The molecule has 0 radical (unpaired) electrons. The highest BCUT2D eigenvalue weighted by Crippen LogP contribution is 2.11. The van der Waals surface area contributed by atoms with Gasteiger partial charge in [-0.05, 0) is 23.8 Å². The van der Waals surface area contributed by atoms with Crippen molar-refractivity contribution in [2.24, 2.45) is 0 Å². The van der Waals surface area contributed by atoms with Gasteiger partial charge in [-0.15, -0.1) is 0 Å². The zero-order chi connectivity index (χ0) is 11.4. The molecule has 0 fully saturated rings. The molecule has 1 aromatic heterocycles. The summed E-state index contributed by atoms with van der Waals surface area (Å²) in [4.78, 5) is 3.83. The molecule has 0 aliphatic rings. The quantitative estimate of drug-likeness (QED) is 0.852. The smallest absolute Gasteiger partial charge is 0.138 e. The molecule has 0 amide bonds. The Morgan fingerprint density at radius 3 is 2.69 bits per heavy atom. The van der Waals surface area contributed by atoms with Gasteiger partial charge in [-0.1, -0.05) is 12.1 Å². The number of aliphatic hydroxyl groups excluding tert-OH is 1. The standard InChI is InChI=1S/C11H10FN3O/c12-10(6-16)5-9-1-3-11(4-2-9)15-8-13-7-14-15/h1-5,7-8,16H,6H2/b10-5-. The molecule has 0 aliphatic heterocycles. The second kappa shape index (κ2) is 4.67. The van der Waals surface area contributed by atoms with Crippen LogP contribution < -0.4 is 0 Å². The molecule has 0 saturated carbocycles. The summed E-state index contributed by atoms with van der Waals surface area (Å²) in [7, 11) is 0. The molecule has 0 unspecified atom stereocenters. The topological polar surface area (TPSA) is 50.9 Å². The Morgan fingerprint density at radius 1 is 1.38 bits per heavy atom. The van der Waals surface area contributed by atoms with Gasteiger partial charge in [-0.2, -0.15) is 5.10 Å². The fourth-order valence-corrected chi connectivity index (χ4v) is 1.29. The third kappa shape index (κ3) is 2.32. The zero-order valence-corrected chi connectivity index (χ0v) is 8.42. The number of nitrogens with zero attached hydrogens (tertiary/aromatic N) is 3. The summed E-state index contributed by atoms with van der Waals surface area (Å²) < 4.78 is 14.4. The molecule has 2 aromatic rings. The normalized spacial score (nSPS) is 11.8. The third-order valence-corrected chi connectivity index (χ3v) is 2.05. The van der Waals surface area contributed by atoms with Crippen LogP contribution in [0.15, 0.2) is 42.7 Å². The molecule has 2 rings (SSSR count). The molecule has 0 spiro atoms. The first-order chi connectivity index (χ1) is 7.79. The molecule has 82 valence electrons. The predicted molar refractivity (Wildman–Crippen MR) is 57.5 cm³/mol. The van der Waals surface area contributed by atoms with E-state index in [0.717, 1.165) is 5.69 Å². The lowest BCUT2D eigenvalue weighted by molar-refractivity contribution is 0.300. The van der Waals surface area contributed by atoms with Crippen LogP contribution in [-0.4, -0.2) is 26.5 Å². The lowest BCUT2D eigenvalue weighted by Crippen LogP contribution is -1.93. The van der Waals surface area contributed by atoms with Crippen LogP contribution in [0.2, 0.25) is 0 Å². The summed E-state index contributed by atoms with van der Waals surface area (Å²) in [6.07, 6.45) is 4.31. The Bertz CT molecular complexity index is 476. The molecule has 0 bridgehead atoms. The minimum atomic E-state index is -0.579. The number of benzene rings is 1. The van der Waals surface area contributed by atoms with Gasteiger partial charge in [0.2, 0.25) is 0 Å². The maximum absolute atomic E-state index is 12.8. The Balaban J connectivity index is 2.23. The van der Waals surface area contributed by atoms with Crippen LogP contribution in [0.4, 0.5) is 4.39 Å². The first kappa shape index (κ1) is 10.5. The van der Waals surface area contributed by atoms with Gasteiger partial charge in [-0.3, -0.25) is 0 Å².